The summed E-state index contributed by atoms with van der Waals surface area (Å²) in [4.78, 5) is 29.0. The van der Waals surface area contributed by atoms with Gasteiger partial charge in [-0.25, -0.2) is 8.42 Å². The largest absolute Gasteiger partial charge is 0.493 e. The molecule has 1 unspecified atom stereocenters. The molecule has 4 aromatic carbocycles. The molecule has 1 N–H and O–H groups in total. The van der Waals surface area contributed by atoms with Crippen molar-refractivity contribution in [2.75, 3.05) is 32.1 Å². The van der Waals surface area contributed by atoms with Crippen molar-refractivity contribution in [2.24, 2.45) is 0 Å². The number of nitrogens with one attached hydrogen (secondary N) is 1. The molecule has 0 aliphatic carbocycles. The molecule has 11 heteroatoms. The topological polar surface area (TPSA) is 105 Å². The Kier molecular flexibility index (Phi) is 10.9. The summed E-state index contributed by atoms with van der Waals surface area (Å²) in [6.07, 6.45) is 0.199. The Hall–Kier alpha value is -4.54. The zero-order valence-corrected chi connectivity index (χ0v) is 26.2. The highest BCUT2D eigenvalue weighted by atomic mass is 35.5. The number of nitrogens with zero attached hydrogens (tertiary/aromatic N) is 2. The maximum atomic E-state index is 14.3. The number of anilines is 1. The minimum absolute atomic E-state index is 0.0253. The maximum Gasteiger partial charge on any atom is 0.264 e. The van der Waals surface area contributed by atoms with Crippen LogP contribution < -0.4 is 19.1 Å². The molecule has 0 aliphatic heterocycles. The number of amides is 2. The van der Waals surface area contributed by atoms with Crippen LogP contribution in [0.4, 0.5) is 5.69 Å². The van der Waals surface area contributed by atoms with Crippen molar-refractivity contribution in [1.82, 2.24) is 10.2 Å². The van der Waals surface area contributed by atoms with E-state index in [4.69, 9.17) is 21.1 Å². The third kappa shape index (κ3) is 7.50. The van der Waals surface area contributed by atoms with Crippen LogP contribution in [0.1, 0.15) is 11.1 Å². The molecule has 0 saturated carbocycles. The van der Waals surface area contributed by atoms with Crippen molar-refractivity contribution in [2.45, 2.75) is 23.9 Å². The van der Waals surface area contributed by atoms with E-state index in [1.165, 1.54) is 44.4 Å². The van der Waals surface area contributed by atoms with Gasteiger partial charge in [-0.1, -0.05) is 78.3 Å². The van der Waals surface area contributed by atoms with Gasteiger partial charge in [0.25, 0.3) is 10.0 Å². The number of hydrogen-bond donors (Lipinski definition) is 1. The molecule has 44 heavy (non-hydrogen) atoms. The lowest BCUT2D eigenvalue weighted by Gasteiger charge is -2.33. The molecule has 4 aromatic rings. The van der Waals surface area contributed by atoms with E-state index in [9.17, 15) is 18.0 Å². The number of rotatable bonds is 13. The summed E-state index contributed by atoms with van der Waals surface area (Å²) in [7, 11) is 0.0472. The number of halogens is 1. The Bertz CT molecular complexity index is 1690. The van der Waals surface area contributed by atoms with Gasteiger partial charge in [-0.3, -0.25) is 13.9 Å². The minimum atomic E-state index is -4.31. The van der Waals surface area contributed by atoms with Gasteiger partial charge in [-0.15, -0.1) is 0 Å². The first-order valence-corrected chi connectivity index (χ1v) is 15.6. The van der Waals surface area contributed by atoms with Crippen LogP contribution in [0.2, 0.25) is 5.02 Å². The number of sulfonamides is 1. The van der Waals surface area contributed by atoms with Crippen LogP contribution in [0.5, 0.6) is 11.5 Å². The van der Waals surface area contributed by atoms with Crippen LogP contribution >= 0.6 is 11.6 Å². The van der Waals surface area contributed by atoms with E-state index in [-0.39, 0.29) is 29.3 Å². The van der Waals surface area contributed by atoms with E-state index in [0.29, 0.717) is 16.3 Å². The maximum absolute atomic E-state index is 14.3. The fraction of sp³-hybridized carbons (Fsp3) is 0.212. The normalized spacial score (nSPS) is 11.7. The number of likely N-dealkylation sites (N-methyl/N-ethyl adjacent to an activating group) is 1. The minimum Gasteiger partial charge on any atom is -0.493 e. The highest BCUT2D eigenvalue weighted by molar-refractivity contribution is 7.92. The summed E-state index contributed by atoms with van der Waals surface area (Å²) in [6.45, 7) is -0.615. The van der Waals surface area contributed by atoms with Gasteiger partial charge in [0.1, 0.15) is 12.6 Å². The molecule has 4 rings (SSSR count). The van der Waals surface area contributed by atoms with Crippen molar-refractivity contribution in [3.63, 3.8) is 0 Å². The van der Waals surface area contributed by atoms with Crippen LogP contribution in [-0.2, 0) is 32.6 Å². The smallest absolute Gasteiger partial charge is 0.264 e. The first kappa shape index (κ1) is 32.4. The zero-order valence-electron chi connectivity index (χ0n) is 24.6. The Morgan fingerprint density at radius 3 is 2.07 bits per heavy atom. The predicted octanol–water partition coefficient (Wildman–Crippen LogP) is 4.94. The monoisotopic (exact) mass is 635 g/mol. The molecule has 0 radical (unpaired) electrons. The molecule has 0 fully saturated rings. The van der Waals surface area contributed by atoms with Gasteiger partial charge in [0.2, 0.25) is 11.8 Å². The summed E-state index contributed by atoms with van der Waals surface area (Å²) >= 11 is 6.49. The van der Waals surface area contributed by atoms with Gasteiger partial charge < -0.3 is 19.7 Å². The molecule has 2 amide bonds. The van der Waals surface area contributed by atoms with Crippen LogP contribution in [0.25, 0.3) is 0 Å². The van der Waals surface area contributed by atoms with Gasteiger partial charge in [0.05, 0.1) is 24.8 Å². The molecule has 0 aromatic heterocycles. The SMILES string of the molecule is CNC(=O)C(Cc1ccccc1)N(Cc1ccccc1Cl)C(=O)CN(c1ccccc1)S(=O)(=O)c1ccc(OC)c(OC)c1. The molecule has 0 bridgehead atoms. The molecular formula is C33H34ClN3O6S. The number of methoxy groups -OCH3 is 2. The van der Waals surface area contributed by atoms with E-state index < -0.39 is 34.4 Å². The summed E-state index contributed by atoms with van der Waals surface area (Å²) in [6, 6.07) is 27.9. The summed E-state index contributed by atoms with van der Waals surface area (Å²) in [5, 5.41) is 3.08. The second-order valence-corrected chi connectivity index (χ2v) is 12.1. The molecule has 0 aliphatic rings. The first-order chi connectivity index (χ1) is 21.2. The Morgan fingerprint density at radius 1 is 0.841 bits per heavy atom. The van der Waals surface area contributed by atoms with Crippen LogP contribution in [0.3, 0.4) is 0 Å². The number of hydrogen-bond acceptors (Lipinski definition) is 6. The molecule has 0 heterocycles. The van der Waals surface area contributed by atoms with Crippen molar-refractivity contribution >= 4 is 39.1 Å². The second-order valence-electron chi connectivity index (χ2n) is 9.80. The van der Waals surface area contributed by atoms with Crippen molar-refractivity contribution in [3.8, 4) is 11.5 Å². The Labute approximate surface area is 263 Å². The van der Waals surface area contributed by atoms with Crippen LogP contribution in [0, 0.1) is 0 Å². The second kappa shape index (κ2) is 14.8. The molecule has 0 saturated heterocycles. The van der Waals surface area contributed by atoms with E-state index in [1.54, 1.807) is 54.6 Å². The van der Waals surface area contributed by atoms with Gasteiger partial charge in [0.15, 0.2) is 11.5 Å². The number of para-hydroxylation sites is 1. The van der Waals surface area contributed by atoms with E-state index in [2.05, 4.69) is 5.32 Å². The number of benzene rings is 4. The highest BCUT2D eigenvalue weighted by Gasteiger charge is 2.35. The Balaban J connectivity index is 1.80. The lowest BCUT2D eigenvalue weighted by atomic mass is 10.0. The third-order valence-electron chi connectivity index (χ3n) is 7.08. The lowest BCUT2D eigenvalue weighted by Crippen LogP contribution is -2.53. The number of carbonyl (C=O) groups is 2. The average Bonchev–Trinajstić information content (AvgIpc) is 3.05. The number of carbonyl (C=O) groups excluding carboxylic acids is 2. The molecule has 0 spiro atoms. The molecule has 230 valence electrons. The van der Waals surface area contributed by atoms with Crippen LogP contribution in [0.15, 0.2) is 108 Å². The standard InChI is InChI=1S/C33H34ClN3O6S/c1-35-33(39)29(20-24-12-6-4-7-13-24)36(22-25-14-10-11-17-28(25)34)32(38)23-37(26-15-8-5-9-16-26)44(40,41)27-18-19-30(42-2)31(21-27)43-3/h4-19,21,29H,20,22-23H2,1-3H3,(H,35,39). The van der Waals surface area contributed by atoms with Gasteiger partial charge in [-0.05, 0) is 41.5 Å². The third-order valence-corrected chi connectivity index (χ3v) is 9.22. The molecule has 1 atom stereocenters. The van der Waals surface area contributed by atoms with Crippen molar-refractivity contribution < 1.29 is 27.5 Å². The van der Waals surface area contributed by atoms with Crippen molar-refractivity contribution in [1.29, 1.82) is 0 Å². The summed E-state index contributed by atoms with van der Waals surface area (Å²) in [5.41, 5.74) is 1.71. The fourth-order valence-electron chi connectivity index (χ4n) is 4.76. The van der Waals surface area contributed by atoms with Crippen molar-refractivity contribution in [3.05, 3.63) is 119 Å². The average molecular weight is 636 g/mol. The summed E-state index contributed by atoms with van der Waals surface area (Å²) < 4.78 is 40.0. The van der Waals surface area contributed by atoms with E-state index in [1.807, 2.05) is 30.3 Å². The van der Waals surface area contributed by atoms with E-state index in [0.717, 1.165) is 9.87 Å². The van der Waals surface area contributed by atoms with Gasteiger partial charge >= 0.3 is 0 Å². The molecular weight excluding hydrogens is 602 g/mol. The van der Waals surface area contributed by atoms with Crippen LogP contribution in [-0.4, -0.2) is 59.0 Å². The van der Waals surface area contributed by atoms with Gasteiger partial charge in [-0.2, -0.15) is 0 Å². The van der Waals surface area contributed by atoms with E-state index >= 15 is 0 Å². The quantitative estimate of drug-likeness (QED) is 0.223. The first-order valence-electron chi connectivity index (χ1n) is 13.8. The predicted molar refractivity (Wildman–Crippen MR) is 171 cm³/mol. The fourth-order valence-corrected chi connectivity index (χ4v) is 6.38. The lowest BCUT2D eigenvalue weighted by molar-refractivity contribution is -0.139. The summed E-state index contributed by atoms with van der Waals surface area (Å²) in [5.74, 6) is -0.421. The van der Waals surface area contributed by atoms with Gasteiger partial charge in [0, 0.05) is 31.1 Å². The Morgan fingerprint density at radius 2 is 1.45 bits per heavy atom. The zero-order chi connectivity index (χ0) is 31.7. The molecule has 9 nitrogen and oxygen atoms in total. The number of ether oxygens (including phenoxy) is 2. The highest BCUT2D eigenvalue weighted by Crippen LogP contribution is 2.32.